The molecule has 27 heavy (non-hydrogen) atoms. The molecule has 0 aliphatic rings. The largest absolute Gasteiger partial charge is 0.452 e. The van der Waals surface area contributed by atoms with Gasteiger partial charge in [0, 0.05) is 22.2 Å². The lowest BCUT2D eigenvalue weighted by Gasteiger charge is -2.08. The van der Waals surface area contributed by atoms with Gasteiger partial charge >= 0.3 is 12.6 Å². The number of carbonyl (C=O) groups excluding carboxylic acids is 2. The average Bonchev–Trinajstić information content (AvgIpc) is 2.65. The molecule has 1 amide bonds. The van der Waals surface area contributed by atoms with Gasteiger partial charge in [0.05, 0.1) is 5.56 Å². The van der Waals surface area contributed by atoms with E-state index in [9.17, 15) is 18.4 Å². The number of benzene rings is 2. The van der Waals surface area contributed by atoms with Crippen molar-refractivity contribution in [2.75, 3.05) is 18.9 Å². The van der Waals surface area contributed by atoms with Crippen molar-refractivity contribution in [3.63, 3.8) is 0 Å². The lowest BCUT2D eigenvalue weighted by Crippen LogP contribution is -2.30. The Bertz CT molecular complexity index is 757. The molecule has 0 fully saturated rings. The van der Waals surface area contributed by atoms with Crippen molar-refractivity contribution in [3.8, 4) is 5.75 Å². The van der Waals surface area contributed by atoms with E-state index in [0.717, 1.165) is 4.90 Å². The first kappa shape index (κ1) is 21.0. The minimum Gasteiger partial charge on any atom is -0.452 e. The van der Waals surface area contributed by atoms with Crippen molar-refractivity contribution < 1.29 is 27.8 Å². The molecule has 0 unspecified atom stereocenters. The fraction of sp³-hybridized carbons (Fsp3) is 0.222. The number of alkyl halides is 2. The van der Waals surface area contributed by atoms with E-state index in [2.05, 4.69) is 10.1 Å². The van der Waals surface area contributed by atoms with E-state index in [1.165, 1.54) is 24.3 Å². The number of rotatable bonds is 9. The van der Waals surface area contributed by atoms with Crippen LogP contribution in [0.5, 0.6) is 5.75 Å². The van der Waals surface area contributed by atoms with E-state index < -0.39 is 25.1 Å². The fourth-order valence-electron chi connectivity index (χ4n) is 1.93. The second-order valence-electron chi connectivity index (χ2n) is 5.13. The highest BCUT2D eigenvalue weighted by molar-refractivity contribution is 7.99. The summed E-state index contributed by atoms with van der Waals surface area (Å²) in [5.41, 5.74) is 0.128. The smallest absolute Gasteiger partial charge is 0.387 e. The van der Waals surface area contributed by atoms with Gasteiger partial charge in [0.15, 0.2) is 6.61 Å². The Balaban J connectivity index is 1.65. The predicted molar refractivity (Wildman–Crippen MR) is 98.5 cm³/mol. The number of amides is 1. The third-order valence-corrected chi connectivity index (χ3v) is 4.42. The molecule has 0 saturated heterocycles. The first-order valence-corrected chi connectivity index (χ1v) is 9.17. The maximum atomic E-state index is 12.1. The van der Waals surface area contributed by atoms with Crippen LogP contribution < -0.4 is 10.1 Å². The summed E-state index contributed by atoms with van der Waals surface area (Å²) >= 11 is 7.35. The quantitative estimate of drug-likeness (QED) is 0.381. The Morgan fingerprint density at radius 2 is 1.74 bits per heavy atom. The summed E-state index contributed by atoms with van der Waals surface area (Å²) in [6.45, 7) is -2.97. The average molecular weight is 416 g/mol. The van der Waals surface area contributed by atoms with Crippen LogP contribution in [0.4, 0.5) is 8.78 Å². The number of hydrogen-bond acceptors (Lipinski definition) is 5. The van der Waals surface area contributed by atoms with Crippen molar-refractivity contribution in [1.82, 2.24) is 5.32 Å². The molecule has 0 saturated carbocycles. The summed E-state index contributed by atoms with van der Waals surface area (Å²) < 4.78 is 33.2. The van der Waals surface area contributed by atoms with Gasteiger partial charge in [0.25, 0.3) is 5.91 Å². The van der Waals surface area contributed by atoms with Crippen LogP contribution in [0.1, 0.15) is 10.4 Å². The number of thioether (sulfide) groups is 1. The van der Waals surface area contributed by atoms with Crippen molar-refractivity contribution >= 4 is 35.2 Å². The normalized spacial score (nSPS) is 10.5. The first-order chi connectivity index (χ1) is 12.9. The number of nitrogens with one attached hydrogen (secondary N) is 1. The molecule has 5 nitrogen and oxygen atoms in total. The monoisotopic (exact) mass is 415 g/mol. The van der Waals surface area contributed by atoms with Crippen LogP contribution in [-0.4, -0.2) is 37.4 Å². The zero-order chi connectivity index (χ0) is 19.6. The molecule has 144 valence electrons. The van der Waals surface area contributed by atoms with Crippen molar-refractivity contribution in [1.29, 1.82) is 0 Å². The molecular formula is C18H16ClF2NO4S. The summed E-state index contributed by atoms with van der Waals surface area (Å²) in [6, 6.07) is 12.3. The van der Waals surface area contributed by atoms with Crippen LogP contribution in [0.3, 0.4) is 0 Å². The molecule has 0 spiro atoms. The Kier molecular flexibility index (Phi) is 8.35. The molecule has 9 heteroatoms. The molecule has 0 atom stereocenters. The van der Waals surface area contributed by atoms with E-state index in [1.54, 1.807) is 23.9 Å². The molecular weight excluding hydrogens is 400 g/mol. The zero-order valence-electron chi connectivity index (χ0n) is 14.0. The lowest BCUT2D eigenvalue weighted by molar-refractivity contribution is -0.124. The van der Waals surface area contributed by atoms with Gasteiger partial charge in [-0.25, -0.2) is 4.79 Å². The molecule has 0 radical (unpaired) electrons. The lowest BCUT2D eigenvalue weighted by atomic mass is 10.2. The van der Waals surface area contributed by atoms with E-state index in [-0.39, 0.29) is 11.3 Å². The van der Waals surface area contributed by atoms with Crippen LogP contribution in [-0.2, 0) is 9.53 Å². The van der Waals surface area contributed by atoms with Crippen LogP contribution >= 0.6 is 23.4 Å². The predicted octanol–water partition coefficient (Wildman–Crippen LogP) is 4.01. The van der Waals surface area contributed by atoms with Gasteiger partial charge in [-0.3, -0.25) is 4.79 Å². The van der Waals surface area contributed by atoms with Gasteiger partial charge in [-0.1, -0.05) is 11.6 Å². The molecule has 2 aromatic rings. The van der Waals surface area contributed by atoms with Gasteiger partial charge in [-0.15, -0.1) is 11.8 Å². The highest BCUT2D eigenvalue weighted by atomic mass is 35.5. The Morgan fingerprint density at radius 3 is 2.37 bits per heavy atom. The summed E-state index contributed by atoms with van der Waals surface area (Å²) in [7, 11) is 0. The number of halogens is 3. The number of carbonyl (C=O) groups is 2. The van der Waals surface area contributed by atoms with E-state index >= 15 is 0 Å². The zero-order valence-corrected chi connectivity index (χ0v) is 15.6. The highest BCUT2D eigenvalue weighted by Gasteiger charge is 2.11. The molecule has 2 rings (SSSR count). The summed E-state index contributed by atoms with van der Waals surface area (Å²) in [4.78, 5) is 24.5. The summed E-state index contributed by atoms with van der Waals surface area (Å²) in [6.07, 6.45) is 0. The van der Waals surface area contributed by atoms with Gasteiger partial charge in [0.1, 0.15) is 5.75 Å². The van der Waals surface area contributed by atoms with E-state index in [0.29, 0.717) is 17.3 Å². The molecule has 1 N–H and O–H groups in total. The van der Waals surface area contributed by atoms with Crippen molar-refractivity contribution in [3.05, 3.63) is 59.1 Å². The molecule has 0 heterocycles. The molecule has 0 aromatic heterocycles. The van der Waals surface area contributed by atoms with Gasteiger partial charge in [-0.2, -0.15) is 8.78 Å². The third-order valence-electron chi connectivity index (χ3n) is 3.16. The van der Waals surface area contributed by atoms with Gasteiger partial charge in [-0.05, 0) is 48.5 Å². The Labute approximate surface area is 164 Å². The maximum absolute atomic E-state index is 12.1. The van der Waals surface area contributed by atoms with E-state index in [1.807, 2.05) is 12.1 Å². The Morgan fingerprint density at radius 1 is 1.07 bits per heavy atom. The fourth-order valence-corrected chi connectivity index (χ4v) is 2.82. The first-order valence-electron chi connectivity index (χ1n) is 7.81. The minimum atomic E-state index is -2.94. The SMILES string of the molecule is O=C(COC(=O)c1ccc(OC(F)F)cc1)NCCSc1ccc(Cl)cc1. The van der Waals surface area contributed by atoms with E-state index in [4.69, 9.17) is 16.3 Å². The Hall–Kier alpha value is -2.32. The number of hydrogen-bond donors (Lipinski definition) is 1. The second-order valence-corrected chi connectivity index (χ2v) is 6.74. The maximum Gasteiger partial charge on any atom is 0.387 e. The molecule has 0 aliphatic heterocycles. The van der Waals surface area contributed by atoms with Crippen LogP contribution in [0.25, 0.3) is 0 Å². The number of ether oxygens (including phenoxy) is 2. The van der Waals surface area contributed by atoms with Gasteiger partial charge in [0.2, 0.25) is 0 Å². The molecule has 0 aliphatic carbocycles. The topological polar surface area (TPSA) is 64.6 Å². The van der Waals surface area contributed by atoms with Gasteiger partial charge < -0.3 is 14.8 Å². The van der Waals surface area contributed by atoms with Crippen molar-refractivity contribution in [2.24, 2.45) is 0 Å². The standard InChI is InChI=1S/C18H16ClF2NO4S/c19-13-3-7-15(8-4-13)27-10-9-22-16(23)11-25-17(24)12-1-5-14(6-2-12)26-18(20)21/h1-8,18H,9-11H2,(H,22,23). The van der Waals surface area contributed by atoms with Crippen molar-refractivity contribution in [2.45, 2.75) is 11.5 Å². The number of esters is 1. The summed E-state index contributed by atoms with van der Waals surface area (Å²) in [5, 5.41) is 3.29. The molecule has 2 aromatic carbocycles. The van der Waals surface area contributed by atoms with Crippen LogP contribution in [0.2, 0.25) is 5.02 Å². The summed E-state index contributed by atoms with van der Waals surface area (Å²) in [5.74, 6) is -0.591. The van der Waals surface area contributed by atoms with Crippen LogP contribution in [0.15, 0.2) is 53.4 Å². The third kappa shape index (κ3) is 7.84. The molecule has 0 bridgehead atoms. The second kappa shape index (κ2) is 10.7. The van der Waals surface area contributed by atoms with Crippen LogP contribution in [0, 0.1) is 0 Å². The highest BCUT2D eigenvalue weighted by Crippen LogP contribution is 2.19. The minimum absolute atomic E-state index is 0.0718.